The highest BCUT2D eigenvalue weighted by Gasteiger charge is 2.53. The van der Waals surface area contributed by atoms with E-state index >= 15 is 0 Å². The van der Waals surface area contributed by atoms with Gasteiger partial charge in [0.1, 0.15) is 11.6 Å². The van der Waals surface area contributed by atoms with E-state index in [9.17, 15) is 8.78 Å². The van der Waals surface area contributed by atoms with Crippen molar-refractivity contribution in [3.05, 3.63) is 35.4 Å². The van der Waals surface area contributed by atoms with E-state index in [1.807, 2.05) is 0 Å². The van der Waals surface area contributed by atoms with Gasteiger partial charge in [-0.15, -0.1) is 0 Å². The highest BCUT2D eigenvalue weighted by molar-refractivity contribution is 5.20. The van der Waals surface area contributed by atoms with E-state index in [0.29, 0.717) is 12.0 Å². The van der Waals surface area contributed by atoms with Crippen LogP contribution in [0.3, 0.4) is 0 Å². The maximum absolute atomic E-state index is 13.3. The Kier molecular flexibility index (Phi) is 4.06. The lowest BCUT2D eigenvalue weighted by molar-refractivity contribution is 0.436. The number of benzene rings is 1. The van der Waals surface area contributed by atoms with Crippen LogP contribution in [-0.4, -0.2) is 12.6 Å². The highest BCUT2D eigenvalue weighted by Crippen LogP contribution is 2.57. The summed E-state index contributed by atoms with van der Waals surface area (Å²) < 4.78 is 26.6. The second kappa shape index (κ2) is 5.80. The van der Waals surface area contributed by atoms with Crippen LogP contribution in [0.1, 0.15) is 38.2 Å². The van der Waals surface area contributed by atoms with Crippen molar-refractivity contribution in [2.24, 2.45) is 17.8 Å². The minimum atomic E-state index is -0.469. The predicted molar refractivity (Wildman–Crippen MR) is 76.5 cm³/mol. The first-order valence-electron chi connectivity index (χ1n) is 7.87. The van der Waals surface area contributed by atoms with Gasteiger partial charge in [-0.3, -0.25) is 0 Å². The van der Waals surface area contributed by atoms with Crippen molar-refractivity contribution in [1.82, 2.24) is 5.32 Å². The molecule has 3 rings (SSSR count). The fourth-order valence-electron chi connectivity index (χ4n) is 4.23. The van der Waals surface area contributed by atoms with Crippen molar-refractivity contribution in [3.63, 3.8) is 0 Å². The Balaban J connectivity index is 1.71. The van der Waals surface area contributed by atoms with Gasteiger partial charge < -0.3 is 5.32 Å². The van der Waals surface area contributed by atoms with Crippen LogP contribution in [0.15, 0.2) is 18.2 Å². The van der Waals surface area contributed by atoms with E-state index in [1.54, 1.807) is 0 Å². The summed E-state index contributed by atoms with van der Waals surface area (Å²) in [5.41, 5.74) is 0.775. The summed E-state index contributed by atoms with van der Waals surface area (Å²) >= 11 is 0. The minimum Gasteiger partial charge on any atom is -0.314 e. The Hall–Kier alpha value is -0.960. The number of rotatable bonds is 5. The third-order valence-corrected chi connectivity index (χ3v) is 5.03. The highest BCUT2D eigenvalue weighted by atomic mass is 19.1. The summed E-state index contributed by atoms with van der Waals surface area (Å²) in [4.78, 5) is 0. The monoisotopic (exact) mass is 279 g/mol. The lowest BCUT2D eigenvalue weighted by Gasteiger charge is -2.18. The first-order chi connectivity index (χ1) is 9.69. The van der Waals surface area contributed by atoms with Crippen molar-refractivity contribution in [1.29, 1.82) is 0 Å². The third kappa shape index (κ3) is 2.88. The molecule has 0 bridgehead atoms. The Morgan fingerprint density at radius 3 is 2.25 bits per heavy atom. The lowest BCUT2D eigenvalue weighted by atomic mass is 9.99. The average Bonchev–Trinajstić information content (AvgIpc) is 3.11. The van der Waals surface area contributed by atoms with Crippen molar-refractivity contribution >= 4 is 0 Å². The van der Waals surface area contributed by atoms with E-state index in [1.165, 1.54) is 37.8 Å². The SMILES string of the molecule is CCNC(Cc1cc(F)cc(F)c1)C1C2CCCCC21. The summed E-state index contributed by atoms with van der Waals surface area (Å²) in [7, 11) is 0. The van der Waals surface area contributed by atoms with E-state index in [0.717, 1.165) is 36.4 Å². The third-order valence-electron chi connectivity index (χ3n) is 5.03. The fraction of sp³-hybridized carbons (Fsp3) is 0.647. The first-order valence-corrected chi connectivity index (χ1v) is 7.87. The van der Waals surface area contributed by atoms with Gasteiger partial charge in [0.15, 0.2) is 0 Å². The van der Waals surface area contributed by atoms with E-state index in [-0.39, 0.29) is 0 Å². The van der Waals surface area contributed by atoms with Crippen LogP contribution in [-0.2, 0) is 6.42 Å². The van der Waals surface area contributed by atoms with Crippen molar-refractivity contribution < 1.29 is 8.78 Å². The molecule has 2 saturated carbocycles. The zero-order chi connectivity index (χ0) is 14.1. The van der Waals surface area contributed by atoms with Crippen LogP contribution >= 0.6 is 0 Å². The maximum atomic E-state index is 13.3. The first kappa shape index (κ1) is 14.0. The van der Waals surface area contributed by atoms with Crippen LogP contribution in [0.5, 0.6) is 0 Å². The summed E-state index contributed by atoms with van der Waals surface area (Å²) in [5, 5.41) is 3.54. The van der Waals surface area contributed by atoms with Gasteiger partial charge in [0.25, 0.3) is 0 Å². The molecule has 0 amide bonds. The zero-order valence-corrected chi connectivity index (χ0v) is 12.0. The van der Waals surface area contributed by atoms with Crippen molar-refractivity contribution in [3.8, 4) is 0 Å². The average molecular weight is 279 g/mol. The fourth-order valence-corrected chi connectivity index (χ4v) is 4.23. The van der Waals surface area contributed by atoms with Crippen LogP contribution in [0.25, 0.3) is 0 Å². The number of hydrogen-bond donors (Lipinski definition) is 1. The molecule has 0 spiro atoms. The molecule has 0 heterocycles. The summed E-state index contributed by atoms with van der Waals surface area (Å²) in [6.45, 7) is 3.02. The van der Waals surface area contributed by atoms with E-state index < -0.39 is 11.6 Å². The molecule has 2 aliphatic carbocycles. The summed E-state index contributed by atoms with van der Waals surface area (Å²) in [6, 6.07) is 4.26. The topological polar surface area (TPSA) is 12.0 Å². The molecule has 1 N–H and O–H groups in total. The minimum absolute atomic E-state index is 0.370. The second-order valence-corrected chi connectivity index (χ2v) is 6.34. The number of fused-ring (bicyclic) bond motifs is 1. The quantitative estimate of drug-likeness (QED) is 0.861. The van der Waals surface area contributed by atoms with Gasteiger partial charge in [0.05, 0.1) is 0 Å². The van der Waals surface area contributed by atoms with Crippen LogP contribution in [0.2, 0.25) is 0 Å². The molecule has 0 radical (unpaired) electrons. The van der Waals surface area contributed by atoms with Gasteiger partial charge in [-0.05, 0) is 61.3 Å². The van der Waals surface area contributed by atoms with Gasteiger partial charge >= 0.3 is 0 Å². The Bertz CT molecular complexity index is 442. The maximum Gasteiger partial charge on any atom is 0.126 e. The van der Waals surface area contributed by atoms with E-state index in [4.69, 9.17) is 0 Å². The molecule has 3 heteroatoms. The van der Waals surface area contributed by atoms with Gasteiger partial charge in [-0.25, -0.2) is 8.78 Å². The summed E-state index contributed by atoms with van der Waals surface area (Å²) in [6.07, 6.45) is 6.12. The Morgan fingerprint density at radius 2 is 1.70 bits per heavy atom. The molecule has 0 aliphatic heterocycles. The molecule has 2 aliphatic rings. The molecule has 3 atom stereocenters. The number of halogens is 2. The molecule has 0 aromatic heterocycles. The normalized spacial score (nSPS) is 29.9. The number of hydrogen-bond acceptors (Lipinski definition) is 1. The molecular weight excluding hydrogens is 256 g/mol. The summed E-state index contributed by atoms with van der Waals surface area (Å²) in [5.74, 6) is 1.48. The smallest absolute Gasteiger partial charge is 0.126 e. The lowest BCUT2D eigenvalue weighted by Crippen LogP contribution is -2.34. The van der Waals surface area contributed by atoms with Gasteiger partial charge in [0.2, 0.25) is 0 Å². The largest absolute Gasteiger partial charge is 0.314 e. The molecule has 1 aromatic carbocycles. The van der Waals surface area contributed by atoms with Gasteiger partial charge in [-0.1, -0.05) is 19.8 Å². The van der Waals surface area contributed by atoms with Gasteiger partial charge in [-0.2, -0.15) is 0 Å². The second-order valence-electron chi connectivity index (χ2n) is 6.34. The zero-order valence-electron chi connectivity index (χ0n) is 12.0. The molecular formula is C17H23F2N. The molecule has 2 fully saturated rings. The molecule has 1 nitrogen and oxygen atoms in total. The van der Waals surface area contributed by atoms with Crippen molar-refractivity contribution in [2.45, 2.75) is 45.1 Å². The van der Waals surface area contributed by atoms with Crippen LogP contribution in [0, 0.1) is 29.4 Å². The Labute approximate surface area is 119 Å². The van der Waals surface area contributed by atoms with Gasteiger partial charge in [0, 0.05) is 12.1 Å². The Morgan fingerprint density at radius 1 is 1.10 bits per heavy atom. The molecule has 110 valence electrons. The van der Waals surface area contributed by atoms with Crippen LogP contribution in [0.4, 0.5) is 8.78 Å². The predicted octanol–water partition coefficient (Wildman–Crippen LogP) is 3.92. The standard InChI is InChI=1S/C17H23F2N/c1-2-20-16(17-14-5-3-4-6-15(14)17)9-11-7-12(18)10-13(19)8-11/h7-8,10,14-17,20H,2-6,9H2,1H3. The van der Waals surface area contributed by atoms with Crippen LogP contribution < -0.4 is 5.32 Å². The van der Waals surface area contributed by atoms with E-state index in [2.05, 4.69) is 12.2 Å². The molecule has 3 unspecified atom stereocenters. The number of nitrogens with one attached hydrogen (secondary N) is 1. The molecule has 1 aromatic rings. The molecule has 0 saturated heterocycles. The number of likely N-dealkylation sites (N-methyl/N-ethyl adjacent to an activating group) is 1. The molecule has 20 heavy (non-hydrogen) atoms. The van der Waals surface area contributed by atoms with Crippen molar-refractivity contribution in [2.75, 3.05) is 6.54 Å².